The van der Waals surface area contributed by atoms with Crippen LogP contribution < -0.4 is 5.43 Å². The van der Waals surface area contributed by atoms with Gasteiger partial charge in [-0.2, -0.15) is 5.10 Å². The number of carbonyl (C=O) groups is 1. The van der Waals surface area contributed by atoms with Gasteiger partial charge in [-0.05, 0) is 61.2 Å². The van der Waals surface area contributed by atoms with Gasteiger partial charge in [-0.1, -0.05) is 77.6 Å². The van der Waals surface area contributed by atoms with E-state index in [1.807, 2.05) is 66.5 Å². The molecule has 1 aromatic heterocycles. The molecule has 5 nitrogen and oxygen atoms in total. The average molecular weight is 540 g/mol. The molecule has 1 fully saturated rings. The van der Waals surface area contributed by atoms with Crippen LogP contribution in [0.1, 0.15) is 35.3 Å². The summed E-state index contributed by atoms with van der Waals surface area (Å²) in [4.78, 5) is 13.3. The number of piperidine rings is 1. The van der Waals surface area contributed by atoms with Gasteiger partial charge in [0.1, 0.15) is 0 Å². The largest absolute Gasteiger partial charge is 0.286 e. The smallest absolute Gasteiger partial charge is 0.283 e. The number of nitrogens with one attached hydrogen (secondary N) is 1. The van der Waals surface area contributed by atoms with Crippen LogP contribution in [0.25, 0.3) is 28.1 Å². The van der Waals surface area contributed by atoms with E-state index in [9.17, 15) is 4.79 Å². The lowest BCUT2D eigenvalue weighted by atomic mass is 10.0. The molecule has 1 aliphatic rings. The molecule has 0 atom stereocenters. The van der Waals surface area contributed by atoms with E-state index in [1.54, 1.807) is 16.8 Å². The van der Waals surface area contributed by atoms with Gasteiger partial charge in [0.05, 0.1) is 16.4 Å². The number of nitrogens with zero attached hydrogens (tertiary/aromatic N) is 3. The molecule has 0 unspecified atom stereocenters. The topological polar surface area (TPSA) is 50.2 Å². The molecule has 0 aliphatic carbocycles. The first-order chi connectivity index (χ1) is 17.4. The molecule has 0 bridgehead atoms. The van der Waals surface area contributed by atoms with Crippen molar-refractivity contribution in [2.45, 2.75) is 26.2 Å². The Balaban J connectivity index is 1.56. The molecule has 184 valence electrons. The quantitative estimate of drug-likeness (QED) is 0.284. The van der Waals surface area contributed by atoms with Crippen molar-refractivity contribution in [3.05, 3.63) is 93.1 Å². The highest BCUT2D eigenvalue weighted by Gasteiger charge is 2.25. The van der Waals surface area contributed by atoms with Crippen molar-refractivity contribution in [1.82, 2.24) is 20.2 Å². The van der Waals surface area contributed by atoms with E-state index >= 15 is 0 Å². The van der Waals surface area contributed by atoms with Crippen molar-refractivity contribution < 1.29 is 4.79 Å². The molecule has 5 rings (SSSR count). The number of hydrazine groups is 1. The molecule has 1 N–H and O–H groups in total. The summed E-state index contributed by atoms with van der Waals surface area (Å²) in [5, 5.41) is 8.39. The van der Waals surface area contributed by atoms with E-state index in [0.29, 0.717) is 26.4 Å². The van der Waals surface area contributed by atoms with Crippen LogP contribution in [-0.2, 0) is 0 Å². The molecule has 2 heterocycles. The summed E-state index contributed by atoms with van der Waals surface area (Å²) in [5.41, 5.74) is 8.66. The second-order valence-corrected chi connectivity index (χ2v) is 10.2. The van der Waals surface area contributed by atoms with Crippen LogP contribution in [0.15, 0.2) is 66.7 Å². The van der Waals surface area contributed by atoms with Gasteiger partial charge in [0.15, 0.2) is 5.69 Å². The summed E-state index contributed by atoms with van der Waals surface area (Å²) in [5.74, 6) is -0.225. The highest BCUT2D eigenvalue weighted by molar-refractivity contribution is 6.35. The van der Waals surface area contributed by atoms with Gasteiger partial charge in [-0.15, -0.1) is 0 Å². The van der Waals surface area contributed by atoms with E-state index in [4.69, 9.17) is 39.9 Å². The highest BCUT2D eigenvalue weighted by Crippen LogP contribution is 2.34. The third-order valence-corrected chi connectivity index (χ3v) is 7.22. The summed E-state index contributed by atoms with van der Waals surface area (Å²) < 4.78 is 1.73. The number of benzene rings is 3. The Kier molecular flexibility index (Phi) is 7.35. The maximum absolute atomic E-state index is 13.3. The zero-order chi connectivity index (χ0) is 25.2. The Morgan fingerprint density at radius 1 is 0.806 bits per heavy atom. The second kappa shape index (κ2) is 10.7. The lowest BCUT2D eigenvalue weighted by Gasteiger charge is -2.26. The average Bonchev–Trinajstić information content (AvgIpc) is 3.22. The number of hydrogen-bond donors (Lipinski definition) is 1. The number of aromatic nitrogens is 2. The predicted octanol–water partition coefficient (Wildman–Crippen LogP) is 7.61. The van der Waals surface area contributed by atoms with Crippen LogP contribution in [0, 0.1) is 6.92 Å². The van der Waals surface area contributed by atoms with Crippen molar-refractivity contribution in [2.24, 2.45) is 0 Å². The SMILES string of the molecule is Cc1c(C(=O)NN2CCCCC2)nn(-c2ccc(Cl)cc2Cl)c1-c1ccc(-c2ccc(Cl)cc2)cc1. The number of rotatable bonds is 5. The number of halogens is 3. The third kappa shape index (κ3) is 5.16. The lowest BCUT2D eigenvalue weighted by molar-refractivity contribution is 0.0743. The Labute approximate surface area is 225 Å². The van der Waals surface area contributed by atoms with Crippen LogP contribution in [0.4, 0.5) is 0 Å². The second-order valence-electron chi connectivity index (χ2n) is 8.90. The normalized spacial score (nSPS) is 14.1. The summed E-state index contributed by atoms with van der Waals surface area (Å²) in [6.45, 7) is 3.60. The molecular weight excluding hydrogens is 515 g/mol. The van der Waals surface area contributed by atoms with Gasteiger partial charge in [0.2, 0.25) is 0 Å². The fourth-order valence-corrected chi connectivity index (χ4v) is 5.16. The predicted molar refractivity (Wildman–Crippen MR) is 147 cm³/mol. The molecular formula is C28H25Cl3N4O. The number of hydrogen-bond acceptors (Lipinski definition) is 3. The number of amides is 1. The zero-order valence-corrected chi connectivity index (χ0v) is 22.0. The molecule has 0 spiro atoms. The summed E-state index contributed by atoms with van der Waals surface area (Å²) >= 11 is 18.8. The van der Waals surface area contributed by atoms with Gasteiger partial charge in [0.25, 0.3) is 5.91 Å². The summed E-state index contributed by atoms with van der Waals surface area (Å²) in [6, 6.07) is 21.1. The standard InChI is InChI=1S/C28H25Cl3N4O/c1-18-26(28(36)33-34-15-3-2-4-16-34)32-35(25-14-13-23(30)17-24(25)31)27(18)21-7-5-19(6-8-21)20-9-11-22(29)12-10-20/h5-14,17H,2-4,15-16H2,1H3,(H,33,36). The van der Waals surface area contributed by atoms with Crippen LogP contribution in [0.3, 0.4) is 0 Å². The van der Waals surface area contributed by atoms with E-state index in [1.165, 1.54) is 6.42 Å². The molecule has 36 heavy (non-hydrogen) atoms. The maximum atomic E-state index is 13.3. The summed E-state index contributed by atoms with van der Waals surface area (Å²) in [6.07, 6.45) is 3.32. The van der Waals surface area contributed by atoms with E-state index in [2.05, 4.69) is 5.43 Å². The molecule has 4 aromatic rings. The fraction of sp³-hybridized carbons (Fsp3) is 0.214. The van der Waals surface area contributed by atoms with Gasteiger partial charge in [-0.3, -0.25) is 10.2 Å². The van der Waals surface area contributed by atoms with Gasteiger partial charge < -0.3 is 0 Å². The molecule has 1 saturated heterocycles. The van der Waals surface area contributed by atoms with Crippen LogP contribution in [-0.4, -0.2) is 33.8 Å². The Bertz CT molecular complexity index is 1390. The fourth-order valence-electron chi connectivity index (χ4n) is 4.54. The van der Waals surface area contributed by atoms with Gasteiger partial charge in [0, 0.05) is 34.3 Å². The van der Waals surface area contributed by atoms with Crippen molar-refractivity contribution in [3.8, 4) is 28.1 Å². The Morgan fingerprint density at radius 3 is 2.03 bits per heavy atom. The minimum absolute atomic E-state index is 0.225. The molecule has 8 heteroatoms. The third-order valence-electron chi connectivity index (χ3n) is 6.43. The van der Waals surface area contributed by atoms with Crippen molar-refractivity contribution in [1.29, 1.82) is 0 Å². The molecule has 1 aliphatic heterocycles. The monoisotopic (exact) mass is 538 g/mol. The molecule has 1 amide bonds. The Hall–Kier alpha value is -2.83. The lowest BCUT2D eigenvalue weighted by Crippen LogP contribution is -2.45. The van der Waals surface area contributed by atoms with Crippen LogP contribution in [0.5, 0.6) is 0 Å². The highest BCUT2D eigenvalue weighted by atomic mass is 35.5. The summed E-state index contributed by atoms with van der Waals surface area (Å²) in [7, 11) is 0. The van der Waals surface area contributed by atoms with E-state index in [0.717, 1.165) is 53.9 Å². The maximum Gasteiger partial charge on any atom is 0.286 e. The van der Waals surface area contributed by atoms with Crippen molar-refractivity contribution in [2.75, 3.05) is 13.1 Å². The zero-order valence-electron chi connectivity index (χ0n) is 19.8. The van der Waals surface area contributed by atoms with Gasteiger partial charge in [-0.25, -0.2) is 9.69 Å². The Morgan fingerprint density at radius 2 is 1.39 bits per heavy atom. The molecule has 3 aromatic carbocycles. The van der Waals surface area contributed by atoms with Crippen molar-refractivity contribution >= 4 is 40.7 Å². The minimum atomic E-state index is -0.225. The minimum Gasteiger partial charge on any atom is -0.283 e. The first kappa shape index (κ1) is 24.8. The van der Waals surface area contributed by atoms with Gasteiger partial charge >= 0.3 is 0 Å². The van der Waals surface area contributed by atoms with Crippen molar-refractivity contribution in [3.63, 3.8) is 0 Å². The first-order valence-electron chi connectivity index (χ1n) is 11.9. The number of carbonyl (C=O) groups excluding carboxylic acids is 1. The van der Waals surface area contributed by atoms with Crippen LogP contribution in [0.2, 0.25) is 15.1 Å². The first-order valence-corrected chi connectivity index (χ1v) is 13.0. The van der Waals surface area contributed by atoms with Crippen LogP contribution >= 0.6 is 34.8 Å². The molecule has 0 saturated carbocycles. The molecule has 0 radical (unpaired) electrons. The van der Waals surface area contributed by atoms with E-state index < -0.39 is 0 Å². The van der Waals surface area contributed by atoms with E-state index in [-0.39, 0.29) is 5.91 Å².